The van der Waals surface area contributed by atoms with Gasteiger partial charge in [0.2, 0.25) is 0 Å². The fourth-order valence-electron chi connectivity index (χ4n) is 1.59. The van der Waals surface area contributed by atoms with Gasteiger partial charge in [0.15, 0.2) is 0 Å². The molecule has 0 atom stereocenters. The molecule has 58 valence electrons. The van der Waals surface area contributed by atoms with Gasteiger partial charge in [0.1, 0.15) is 0 Å². The lowest BCUT2D eigenvalue weighted by atomic mass is 9.70. The summed E-state index contributed by atoms with van der Waals surface area (Å²) in [5.74, 6) is 0.833. The molecular weight excluding hydrogens is 238 g/mol. The molecule has 0 aromatic rings. The summed E-state index contributed by atoms with van der Waals surface area (Å²) in [6, 6.07) is 0. The maximum Gasteiger partial charge on any atom is 0.368 e. The highest BCUT2D eigenvalue weighted by atomic mass is 127. The number of rotatable bonds is 2. The Morgan fingerprint density at radius 1 is 1.30 bits per heavy atom. The van der Waals surface area contributed by atoms with Gasteiger partial charge in [-0.15, -0.1) is 22.4 Å². The molecule has 3 heteroatoms. The van der Waals surface area contributed by atoms with Crippen LogP contribution in [-0.2, 0) is 4.65 Å². The van der Waals surface area contributed by atoms with Crippen LogP contribution in [0.15, 0.2) is 0 Å². The van der Waals surface area contributed by atoms with E-state index < -0.39 is 0 Å². The van der Waals surface area contributed by atoms with Gasteiger partial charge in [0.05, 0.1) is 0 Å². The smallest absolute Gasteiger partial charge is 0.368 e. The standard InChI is InChI=1S/C7H14BIO/c1-10-8(9)7-5-3-2-4-6-7/h7H,2-6H2,1H3. The average molecular weight is 252 g/mol. The Morgan fingerprint density at radius 3 is 2.40 bits per heavy atom. The third kappa shape index (κ3) is 2.42. The molecule has 0 amide bonds. The second-order valence-electron chi connectivity index (χ2n) is 2.98. The molecule has 1 nitrogen and oxygen atoms in total. The van der Waals surface area contributed by atoms with Crippen LogP contribution < -0.4 is 0 Å². The molecular formula is C7H14BIO. The lowest BCUT2D eigenvalue weighted by Crippen LogP contribution is -2.18. The monoisotopic (exact) mass is 252 g/mol. The highest BCUT2D eigenvalue weighted by molar-refractivity contribution is 14.1. The van der Waals surface area contributed by atoms with Crippen molar-refractivity contribution < 1.29 is 4.65 Å². The van der Waals surface area contributed by atoms with Crippen molar-refractivity contribution in [1.82, 2.24) is 0 Å². The van der Waals surface area contributed by atoms with E-state index >= 15 is 0 Å². The van der Waals surface area contributed by atoms with Gasteiger partial charge in [0.25, 0.3) is 0 Å². The predicted molar refractivity (Wildman–Crippen MR) is 53.6 cm³/mol. The van der Waals surface area contributed by atoms with Crippen molar-refractivity contribution in [3.8, 4) is 0 Å². The summed E-state index contributed by atoms with van der Waals surface area (Å²) in [7, 11) is 1.81. The summed E-state index contributed by atoms with van der Waals surface area (Å²) in [4.78, 5) is 0. The zero-order valence-corrected chi connectivity index (χ0v) is 8.63. The van der Waals surface area contributed by atoms with Crippen molar-refractivity contribution in [3.63, 3.8) is 0 Å². The molecule has 0 N–H and O–H groups in total. The highest BCUT2D eigenvalue weighted by Crippen LogP contribution is 2.33. The first-order valence-electron chi connectivity index (χ1n) is 4.01. The van der Waals surface area contributed by atoms with Crippen LogP contribution in [-0.4, -0.2) is 11.9 Å². The minimum atomic E-state index is 0.456. The molecule has 10 heavy (non-hydrogen) atoms. The zero-order valence-electron chi connectivity index (χ0n) is 6.48. The third-order valence-electron chi connectivity index (χ3n) is 2.25. The van der Waals surface area contributed by atoms with E-state index in [0.717, 1.165) is 5.82 Å². The largest absolute Gasteiger partial charge is 0.429 e. The zero-order chi connectivity index (χ0) is 7.40. The molecule has 1 rings (SSSR count). The summed E-state index contributed by atoms with van der Waals surface area (Å²) in [5, 5.41) is 0. The third-order valence-corrected chi connectivity index (χ3v) is 3.77. The molecule has 0 aromatic heterocycles. The van der Waals surface area contributed by atoms with E-state index in [1.165, 1.54) is 32.1 Å². The van der Waals surface area contributed by atoms with E-state index in [1.54, 1.807) is 0 Å². The molecule has 0 saturated heterocycles. The highest BCUT2D eigenvalue weighted by Gasteiger charge is 2.24. The van der Waals surface area contributed by atoms with Crippen LogP contribution in [0.3, 0.4) is 0 Å². The molecule has 0 spiro atoms. The normalized spacial score (nSPS) is 21.0. The molecule has 0 unspecified atom stereocenters. The van der Waals surface area contributed by atoms with Crippen LogP contribution in [0.25, 0.3) is 0 Å². The van der Waals surface area contributed by atoms with Crippen LogP contribution in [0.1, 0.15) is 32.1 Å². The fourth-order valence-corrected chi connectivity index (χ4v) is 2.31. The first kappa shape index (κ1) is 8.85. The lowest BCUT2D eigenvalue weighted by Gasteiger charge is -2.22. The molecule has 1 fully saturated rings. The summed E-state index contributed by atoms with van der Waals surface area (Å²) in [6.07, 6.45) is 7.01. The van der Waals surface area contributed by atoms with Gasteiger partial charge in [-0.1, -0.05) is 32.1 Å². The SMILES string of the molecule is COB(I)C1CCCCC1. The van der Waals surface area contributed by atoms with Crippen molar-refractivity contribution in [1.29, 1.82) is 0 Å². The first-order valence-corrected chi connectivity index (χ1v) is 5.26. The minimum absolute atomic E-state index is 0.456. The van der Waals surface area contributed by atoms with Gasteiger partial charge >= 0.3 is 4.77 Å². The summed E-state index contributed by atoms with van der Waals surface area (Å²) in [6.45, 7) is 0. The quantitative estimate of drug-likeness (QED) is 0.542. The van der Waals surface area contributed by atoms with E-state index in [-0.39, 0.29) is 0 Å². The molecule has 0 heterocycles. The summed E-state index contributed by atoms with van der Waals surface area (Å²) < 4.78 is 5.73. The number of hydrogen-bond donors (Lipinski definition) is 0. The van der Waals surface area contributed by atoms with Crippen LogP contribution in [0.5, 0.6) is 0 Å². The molecule has 1 aliphatic carbocycles. The fraction of sp³-hybridized carbons (Fsp3) is 1.00. The number of hydrogen-bond acceptors (Lipinski definition) is 1. The van der Waals surface area contributed by atoms with Crippen molar-refractivity contribution in [2.75, 3.05) is 7.11 Å². The first-order chi connectivity index (χ1) is 4.84. The molecule has 0 aromatic carbocycles. The van der Waals surface area contributed by atoms with Crippen molar-refractivity contribution in [2.45, 2.75) is 37.9 Å². The van der Waals surface area contributed by atoms with Gasteiger partial charge in [-0.25, -0.2) is 0 Å². The van der Waals surface area contributed by atoms with Crippen LogP contribution >= 0.6 is 22.4 Å². The number of halogens is 1. The van der Waals surface area contributed by atoms with Crippen molar-refractivity contribution in [2.24, 2.45) is 0 Å². The van der Waals surface area contributed by atoms with Crippen LogP contribution in [0.2, 0.25) is 5.82 Å². The van der Waals surface area contributed by atoms with Gasteiger partial charge in [0, 0.05) is 7.11 Å². The minimum Gasteiger partial charge on any atom is -0.429 e. The second-order valence-corrected chi connectivity index (χ2v) is 4.21. The van der Waals surface area contributed by atoms with Crippen molar-refractivity contribution in [3.05, 3.63) is 0 Å². The van der Waals surface area contributed by atoms with Gasteiger partial charge in [-0.05, 0) is 5.82 Å². The lowest BCUT2D eigenvalue weighted by molar-refractivity contribution is 0.399. The molecule has 0 radical (unpaired) electrons. The molecule has 1 aliphatic rings. The Kier molecular flexibility index (Phi) is 4.07. The summed E-state index contributed by atoms with van der Waals surface area (Å²) in [5.41, 5.74) is 0. The van der Waals surface area contributed by atoms with Crippen molar-refractivity contribution >= 4 is 27.1 Å². The van der Waals surface area contributed by atoms with Gasteiger partial charge in [-0.2, -0.15) is 0 Å². The Balaban J connectivity index is 2.24. The Bertz CT molecular complexity index is 93.6. The van der Waals surface area contributed by atoms with E-state index in [1.807, 2.05) is 7.11 Å². The van der Waals surface area contributed by atoms with Crippen LogP contribution in [0.4, 0.5) is 0 Å². The van der Waals surface area contributed by atoms with Crippen LogP contribution in [0, 0.1) is 0 Å². The molecule has 0 bridgehead atoms. The predicted octanol–water partition coefficient (Wildman–Crippen LogP) is 2.89. The van der Waals surface area contributed by atoms with E-state index in [2.05, 4.69) is 22.4 Å². The summed E-state index contributed by atoms with van der Waals surface area (Å²) >= 11 is 2.40. The van der Waals surface area contributed by atoms with E-state index in [9.17, 15) is 0 Å². The van der Waals surface area contributed by atoms with E-state index in [0.29, 0.717) is 4.77 Å². The van der Waals surface area contributed by atoms with E-state index in [4.69, 9.17) is 4.65 Å². The maximum atomic E-state index is 5.28. The molecule has 1 saturated carbocycles. The average Bonchev–Trinajstić information content (AvgIpc) is 2.05. The second kappa shape index (κ2) is 4.60. The molecule has 0 aliphatic heterocycles. The Hall–Kier alpha value is 0.755. The topological polar surface area (TPSA) is 9.23 Å². The Labute approximate surface area is 76.9 Å². The van der Waals surface area contributed by atoms with Gasteiger partial charge < -0.3 is 4.65 Å². The van der Waals surface area contributed by atoms with Gasteiger partial charge in [-0.3, -0.25) is 0 Å². The maximum absolute atomic E-state index is 5.28. The Morgan fingerprint density at radius 2 is 1.90 bits per heavy atom.